The van der Waals surface area contributed by atoms with Crippen molar-refractivity contribution in [2.75, 3.05) is 13.1 Å². The lowest BCUT2D eigenvalue weighted by Gasteiger charge is -2.18. The van der Waals surface area contributed by atoms with Gasteiger partial charge < -0.3 is 9.64 Å². The molecule has 3 rings (SSSR count). The highest BCUT2D eigenvalue weighted by atomic mass is 35.5. The van der Waals surface area contributed by atoms with Gasteiger partial charge in [0.05, 0.1) is 5.02 Å². The van der Waals surface area contributed by atoms with Gasteiger partial charge in [-0.15, -0.1) is 0 Å². The molecule has 120 valence electrons. The average Bonchev–Trinajstić information content (AvgIpc) is 3.09. The van der Waals surface area contributed by atoms with Crippen LogP contribution in [0.3, 0.4) is 0 Å². The van der Waals surface area contributed by atoms with Gasteiger partial charge in [-0.2, -0.15) is 0 Å². The largest absolute Gasteiger partial charge is 0.489 e. The fourth-order valence-corrected chi connectivity index (χ4v) is 3.16. The summed E-state index contributed by atoms with van der Waals surface area (Å²) in [6.45, 7) is 2.16. The smallest absolute Gasteiger partial charge is 0.131 e. The third-order valence-electron chi connectivity index (χ3n) is 3.94. The molecular weight excluding hydrogens is 333 g/mol. The summed E-state index contributed by atoms with van der Waals surface area (Å²) in [6.07, 6.45) is 2.40. The molecular formula is C18H17ClFNOS. The molecule has 0 aromatic heterocycles. The van der Waals surface area contributed by atoms with Gasteiger partial charge in [0.15, 0.2) is 0 Å². The minimum Gasteiger partial charge on any atom is -0.489 e. The van der Waals surface area contributed by atoms with Crippen LogP contribution in [0.2, 0.25) is 5.02 Å². The molecule has 0 aliphatic carbocycles. The molecule has 0 bridgehead atoms. The lowest BCUT2D eigenvalue weighted by Crippen LogP contribution is -2.26. The Kier molecular flexibility index (Phi) is 5.13. The van der Waals surface area contributed by atoms with Gasteiger partial charge in [-0.1, -0.05) is 29.9 Å². The number of rotatable bonds is 4. The van der Waals surface area contributed by atoms with E-state index >= 15 is 0 Å². The molecule has 2 aromatic carbocycles. The van der Waals surface area contributed by atoms with Gasteiger partial charge in [-0.25, -0.2) is 4.39 Å². The summed E-state index contributed by atoms with van der Waals surface area (Å²) in [5, 5.41) is 0.372. The summed E-state index contributed by atoms with van der Waals surface area (Å²) in [6, 6.07) is 12.2. The number of hydrogen-bond acceptors (Lipinski definition) is 2. The fourth-order valence-electron chi connectivity index (χ4n) is 2.62. The highest BCUT2D eigenvalue weighted by Gasteiger charge is 2.16. The van der Waals surface area contributed by atoms with E-state index in [9.17, 15) is 4.39 Å². The first-order valence-corrected chi connectivity index (χ1v) is 8.39. The van der Waals surface area contributed by atoms with Crippen molar-refractivity contribution in [2.24, 2.45) is 0 Å². The summed E-state index contributed by atoms with van der Waals surface area (Å²) in [4.78, 5) is 3.11. The molecule has 0 spiro atoms. The van der Waals surface area contributed by atoms with E-state index in [1.807, 2.05) is 24.3 Å². The molecule has 23 heavy (non-hydrogen) atoms. The maximum Gasteiger partial charge on any atom is 0.131 e. The molecule has 0 amide bonds. The monoisotopic (exact) mass is 349 g/mol. The van der Waals surface area contributed by atoms with E-state index in [4.69, 9.17) is 28.6 Å². The maximum atomic E-state index is 13.7. The van der Waals surface area contributed by atoms with Gasteiger partial charge in [-0.05, 0) is 49.2 Å². The highest BCUT2D eigenvalue weighted by molar-refractivity contribution is 7.80. The van der Waals surface area contributed by atoms with Crippen LogP contribution in [0.5, 0.6) is 5.75 Å². The molecule has 0 radical (unpaired) electrons. The predicted octanol–water partition coefficient (Wildman–Crippen LogP) is 4.83. The number of ether oxygens (including phenoxy) is 1. The van der Waals surface area contributed by atoms with Crippen molar-refractivity contribution in [3.05, 3.63) is 64.4 Å². The van der Waals surface area contributed by atoms with E-state index in [1.165, 1.54) is 18.9 Å². The van der Waals surface area contributed by atoms with Crippen LogP contribution in [0.25, 0.3) is 0 Å². The van der Waals surface area contributed by atoms with Gasteiger partial charge in [0.1, 0.15) is 23.2 Å². The Morgan fingerprint density at radius 2 is 1.83 bits per heavy atom. The van der Waals surface area contributed by atoms with Gasteiger partial charge in [-0.3, -0.25) is 0 Å². The standard InChI is InChI=1S/C18H17ClFNOS/c19-16-4-3-5-17(20)15(16)12-22-14-8-6-13(7-9-14)18(23)21-10-1-2-11-21/h3-9H,1-2,10-12H2. The second-order valence-corrected chi connectivity index (χ2v) is 6.31. The van der Waals surface area contributed by atoms with E-state index in [1.54, 1.807) is 12.1 Å². The van der Waals surface area contributed by atoms with Crippen LogP contribution in [-0.4, -0.2) is 23.0 Å². The minimum atomic E-state index is -0.357. The van der Waals surface area contributed by atoms with Crippen LogP contribution in [-0.2, 0) is 6.61 Å². The van der Waals surface area contributed by atoms with Crippen molar-refractivity contribution in [3.8, 4) is 5.75 Å². The van der Waals surface area contributed by atoms with E-state index in [2.05, 4.69) is 4.90 Å². The lowest BCUT2D eigenvalue weighted by molar-refractivity contribution is 0.300. The number of thiocarbonyl (C=S) groups is 1. The van der Waals surface area contributed by atoms with Gasteiger partial charge in [0, 0.05) is 24.2 Å². The molecule has 1 heterocycles. The number of nitrogens with zero attached hydrogens (tertiary/aromatic N) is 1. The maximum absolute atomic E-state index is 13.7. The van der Waals surface area contributed by atoms with E-state index in [-0.39, 0.29) is 12.4 Å². The number of hydrogen-bond donors (Lipinski definition) is 0. The summed E-state index contributed by atoms with van der Waals surface area (Å²) in [5.41, 5.74) is 1.38. The first-order valence-electron chi connectivity index (χ1n) is 7.60. The summed E-state index contributed by atoms with van der Waals surface area (Å²) in [7, 11) is 0. The third kappa shape index (κ3) is 3.82. The molecule has 0 saturated carbocycles. The number of halogens is 2. The second kappa shape index (κ2) is 7.28. The van der Waals surface area contributed by atoms with Gasteiger partial charge in [0.25, 0.3) is 0 Å². The van der Waals surface area contributed by atoms with Crippen LogP contribution < -0.4 is 4.74 Å². The summed E-state index contributed by atoms with van der Waals surface area (Å²) >= 11 is 11.5. The Bertz CT molecular complexity index is 678. The van der Waals surface area contributed by atoms with E-state index in [0.717, 1.165) is 23.6 Å². The van der Waals surface area contributed by atoms with Crippen LogP contribution >= 0.6 is 23.8 Å². The topological polar surface area (TPSA) is 12.5 Å². The Morgan fingerprint density at radius 3 is 2.48 bits per heavy atom. The molecule has 1 aliphatic heterocycles. The van der Waals surface area contributed by atoms with Gasteiger partial charge >= 0.3 is 0 Å². The summed E-state index contributed by atoms with van der Waals surface area (Å²) in [5.74, 6) is 0.307. The van der Waals surface area contributed by atoms with Crippen LogP contribution in [0.1, 0.15) is 24.0 Å². The van der Waals surface area contributed by atoms with E-state index < -0.39 is 0 Å². The fraction of sp³-hybridized carbons (Fsp3) is 0.278. The molecule has 2 nitrogen and oxygen atoms in total. The van der Waals surface area contributed by atoms with E-state index in [0.29, 0.717) is 16.3 Å². The minimum absolute atomic E-state index is 0.0986. The van der Waals surface area contributed by atoms with Crippen LogP contribution in [0.4, 0.5) is 4.39 Å². The molecule has 1 saturated heterocycles. The van der Waals surface area contributed by atoms with Crippen molar-refractivity contribution >= 4 is 28.8 Å². The first kappa shape index (κ1) is 16.2. The Hall–Kier alpha value is -1.65. The molecule has 1 aliphatic rings. The molecule has 5 heteroatoms. The van der Waals surface area contributed by atoms with Crippen molar-refractivity contribution in [2.45, 2.75) is 19.4 Å². The predicted molar refractivity (Wildman–Crippen MR) is 94.7 cm³/mol. The van der Waals surface area contributed by atoms with Crippen molar-refractivity contribution in [1.82, 2.24) is 4.90 Å². The van der Waals surface area contributed by atoms with Gasteiger partial charge in [0.2, 0.25) is 0 Å². The SMILES string of the molecule is Fc1cccc(Cl)c1COc1ccc(C(=S)N2CCCC2)cc1. The molecule has 1 fully saturated rings. The average molecular weight is 350 g/mol. The van der Waals surface area contributed by atoms with Crippen molar-refractivity contribution in [1.29, 1.82) is 0 Å². The normalized spacial score (nSPS) is 14.1. The van der Waals surface area contributed by atoms with Crippen LogP contribution in [0, 0.1) is 5.82 Å². The summed E-state index contributed by atoms with van der Waals surface area (Å²) < 4.78 is 19.3. The molecule has 0 N–H and O–H groups in total. The molecule has 0 unspecified atom stereocenters. The van der Waals surface area contributed by atoms with Crippen molar-refractivity contribution in [3.63, 3.8) is 0 Å². The molecule has 0 atom stereocenters. The quantitative estimate of drug-likeness (QED) is 0.733. The molecule has 2 aromatic rings. The Labute approximate surface area is 145 Å². The Balaban J connectivity index is 1.64. The third-order valence-corrected chi connectivity index (χ3v) is 4.79. The Morgan fingerprint density at radius 1 is 1.13 bits per heavy atom. The second-order valence-electron chi connectivity index (χ2n) is 5.51. The first-order chi connectivity index (χ1) is 11.1. The number of likely N-dealkylation sites (tertiary alicyclic amines) is 1. The van der Waals surface area contributed by atoms with Crippen LogP contribution in [0.15, 0.2) is 42.5 Å². The number of benzene rings is 2. The van der Waals surface area contributed by atoms with Crippen molar-refractivity contribution < 1.29 is 9.13 Å². The lowest BCUT2D eigenvalue weighted by atomic mass is 10.2. The zero-order valence-corrected chi connectivity index (χ0v) is 14.2. The zero-order valence-electron chi connectivity index (χ0n) is 12.6. The highest BCUT2D eigenvalue weighted by Crippen LogP contribution is 2.22. The zero-order chi connectivity index (χ0) is 16.2.